The van der Waals surface area contributed by atoms with Crippen molar-refractivity contribution < 1.29 is 0 Å². The molecule has 1 aliphatic carbocycles. The molecule has 1 aromatic heterocycles. The molecule has 1 heteroatoms. The van der Waals surface area contributed by atoms with Crippen molar-refractivity contribution in [1.29, 1.82) is 0 Å². The zero-order valence-corrected chi connectivity index (χ0v) is 22.7. The van der Waals surface area contributed by atoms with Gasteiger partial charge in [0.2, 0.25) is 0 Å². The molecule has 0 aliphatic heterocycles. The largest absolute Gasteiger partial charge is 0.309 e. The van der Waals surface area contributed by atoms with Crippen LogP contribution in [0.15, 0.2) is 140 Å². The summed E-state index contributed by atoms with van der Waals surface area (Å²) in [5.41, 5.74) is 8.94. The number of benzene rings is 6. The highest BCUT2D eigenvalue weighted by atomic mass is 15.0. The number of hydrogen-bond acceptors (Lipinski definition) is 0. The van der Waals surface area contributed by atoms with Crippen LogP contribution in [0, 0.1) is 0 Å². The van der Waals surface area contributed by atoms with Crippen LogP contribution in [0.5, 0.6) is 0 Å². The Bertz CT molecular complexity index is 2090. The number of nitrogens with zero attached hydrogens (tertiary/aromatic N) is 1. The fraction of sp³-hybridized carbons (Fsp3) is 0.0769. The highest BCUT2D eigenvalue weighted by Gasteiger charge is 2.36. The lowest BCUT2D eigenvalue weighted by Crippen LogP contribution is -2.15. The zero-order valence-electron chi connectivity index (χ0n) is 22.7. The number of aromatic nitrogens is 1. The Hall–Kier alpha value is -4.88. The summed E-state index contributed by atoms with van der Waals surface area (Å²) < 4.78 is 2.51. The minimum atomic E-state index is -0.0696. The molecule has 40 heavy (non-hydrogen) atoms. The van der Waals surface area contributed by atoms with Gasteiger partial charge in [-0.1, -0.05) is 135 Å². The lowest BCUT2D eigenvalue weighted by Gasteiger charge is -2.22. The van der Waals surface area contributed by atoms with E-state index in [-0.39, 0.29) is 5.41 Å². The molecule has 1 heterocycles. The van der Waals surface area contributed by atoms with Crippen LogP contribution in [0.25, 0.3) is 60.2 Å². The second-order valence-corrected chi connectivity index (χ2v) is 11.3. The van der Waals surface area contributed by atoms with Gasteiger partial charge in [-0.05, 0) is 56.4 Å². The Morgan fingerprint density at radius 2 is 0.825 bits per heavy atom. The highest BCUT2D eigenvalue weighted by Crippen LogP contribution is 2.51. The van der Waals surface area contributed by atoms with Crippen LogP contribution in [-0.2, 0) is 5.41 Å². The summed E-state index contributed by atoms with van der Waals surface area (Å²) in [4.78, 5) is 0. The molecule has 190 valence electrons. The standard InChI is InChI=1S/C39H29N/c1-39(2)33-21-10-7-20-32(33)38-34(39)22-13-25-37(38)40-35-23-11-8-18-30(35)28-16-5-3-14-26(28)27-15-4-6-17-29(27)31-19-9-12-24-36(31)40/h3-25H,1-2H3. The van der Waals surface area contributed by atoms with E-state index in [4.69, 9.17) is 0 Å². The van der Waals surface area contributed by atoms with E-state index in [1.165, 1.54) is 71.3 Å². The predicted molar refractivity (Wildman–Crippen MR) is 171 cm³/mol. The molecule has 0 unspecified atom stereocenters. The van der Waals surface area contributed by atoms with Gasteiger partial charge in [0.05, 0.1) is 16.7 Å². The Morgan fingerprint density at radius 3 is 1.40 bits per heavy atom. The molecular formula is C39H29N. The summed E-state index contributed by atoms with van der Waals surface area (Å²) in [5, 5.41) is 7.47. The van der Waals surface area contributed by atoms with Crippen LogP contribution in [0.3, 0.4) is 0 Å². The van der Waals surface area contributed by atoms with Crippen molar-refractivity contribution >= 4 is 43.4 Å². The third-order valence-corrected chi connectivity index (χ3v) is 8.84. The molecular weight excluding hydrogens is 482 g/mol. The molecule has 8 rings (SSSR count). The van der Waals surface area contributed by atoms with Crippen LogP contribution < -0.4 is 0 Å². The van der Waals surface area contributed by atoms with E-state index in [2.05, 4.69) is 158 Å². The minimum absolute atomic E-state index is 0.0696. The monoisotopic (exact) mass is 511 g/mol. The summed E-state index contributed by atoms with van der Waals surface area (Å²) in [6.45, 7) is 4.71. The summed E-state index contributed by atoms with van der Waals surface area (Å²) in [6, 6.07) is 51.3. The number of fused-ring (bicyclic) bond motifs is 10. The van der Waals surface area contributed by atoms with Gasteiger partial charge in [-0.3, -0.25) is 0 Å². The van der Waals surface area contributed by atoms with Crippen LogP contribution >= 0.6 is 0 Å². The maximum absolute atomic E-state index is 2.51. The molecule has 0 saturated carbocycles. The molecule has 0 atom stereocenters. The van der Waals surface area contributed by atoms with Crippen molar-refractivity contribution in [2.75, 3.05) is 0 Å². The van der Waals surface area contributed by atoms with Crippen LogP contribution in [0.4, 0.5) is 0 Å². The quantitative estimate of drug-likeness (QED) is 0.207. The Kier molecular flexibility index (Phi) is 4.93. The second-order valence-electron chi connectivity index (χ2n) is 11.3. The van der Waals surface area contributed by atoms with Gasteiger partial charge in [0, 0.05) is 21.8 Å². The second kappa shape index (κ2) is 8.56. The minimum Gasteiger partial charge on any atom is -0.309 e. The SMILES string of the molecule is CC1(C)c2ccccc2-c2c(-n3c4ccccc4c4ccccc4c4ccccc4c4ccccc43)cccc21. The molecule has 0 fully saturated rings. The molecule has 0 spiro atoms. The smallest absolute Gasteiger partial charge is 0.0543 e. The van der Waals surface area contributed by atoms with Crippen molar-refractivity contribution in [2.24, 2.45) is 0 Å². The van der Waals surface area contributed by atoms with Gasteiger partial charge in [-0.15, -0.1) is 0 Å². The van der Waals surface area contributed by atoms with Crippen molar-refractivity contribution in [3.05, 3.63) is 151 Å². The van der Waals surface area contributed by atoms with Gasteiger partial charge < -0.3 is 4.57 Å². The van der Waals surface area contributed by atoms with Gasteiger partial charge in [0.1, 0.15) is 0 Å². The molecule has 0 radical (unpaired) electrons. The Balaban J connectivity index is 1.71. The van der Waals surface area contributed by atoms with E-state index in [1.54, 1.807) is 0 Å². The normalized spacial score (nSPS) is 13.4. The lowest BCUT2D eigenvalue weighted by atomic mass is 9.82. The fourth-order valence-electron chi connectivity index (χ4n) is 7.01. The number of hydrogen-bond donors (Lipinski definition) is 0. The molecule has 6 aromatic carbocycles. The third-order valence-electron chi connectivity index (χ3n) is 8.84. The zero-order chi connectivity index (χ0) is 26.8. The number of rotatable bonds is 1. The molecule has 1 aliphatic rings. The lowest BCUT2D eigenvalue weighted by molar-refractivity contribution is 0.660. The molecule has 1 nitrogen and oxygen atoms in total. The topological polar surface area (TPSA) is 4.93 Å². The molecule has 0 saturated heterocycles. The fourth-order valence-corrected chi connectivity index (χ4v) is 7.01. The van der Waals surface area contributed by atoms with Gasteiger partial charge in [-0.2, -0.15) is 0 Å². The van der Waals surface area contributed by atoms with Gasteiger partial charge >= 0.3 is 0 Å². The summed E-state index contributed by atoms with van der Waals surface area (Å²) in [6.07, 6.45) is 0. The molecule has 0 N–H and O–H groups in total. The van der Waals surface area contributed by atoms with Crippen molar-refractivity contribution in [2.45, 2.75) is 19.3 Å². The van der Waals surface area contributed by atoms with E-state index >= 15 is 0 Å². The summed E-state index contributed by atoms with van der Waals surface area (Å²) in [5.74, 6) is 0. The van der Waals surface area contributed by atoms with Crippen LogP contribution in [0.1, 0.15) is 25.0 Å². The predicted octanol–water partition coefficient (Wildman–Crippen LogP) is 10.5. The first kappa shape index (κ1) is 23.0. The van der Waals surface area contributed by atoms with Crippen molar-refractivity contribution in [1.82, 2.24) is 4.57 Å². The third kappa shape index (κ3) is 3.15. The summed E-state index contributed by atoms with van der Waals surface area (Å²) in [7, 11) is 0. The average molecular weight is 512 g/mol. The van der Waals surface area contributed by atoms with E-state index < -0.39 is 0 Å². The highest BCUT2D eigenvalue weighted by molar-refractivity contribution is 6.19. The van der Waals surface area contributed by atoms with E-state index in [0.29, 0.717) is 0 Å². The maximum Gasteiger partial charge on any atom is 0.0543 e. The molecule has 7 aromatic rings. The molecule has 0 bridgehead atoms. The summed E-state index contributed by atoms with van der Waals surface area (Å²) >= 11 is 0. The Morgan fingerprint density at radius 1 is 0.400 bits per heavy atom. The van der Waals surface area contributed by atoms with Gasteiger partial charge in [-0.25, -0.2) is 0 Å². The average Bonchev–Trinajstić information content (AvgIpc) is 3.26. The first-order valence-corrected chi connectivity index (χ1v) is 14.1. The Labute approximate surface area is 234 Å². The first-order chi connectivity index (χ1) is 19.6. The van der Waals surface area contributed by atoms with Crippen molar-refractivity contribution in [3.63, 3.8) is 0 Å². The van der Waals surface area contributed by atoms with Crippen LogP contribution in [-0.4, -0.2) is 4.57 Å². The van der Waals surface area contributed by atoms with E-state index in [1.807, 2.05) is 0 Å². The van der Waals surface area contributed by atoms with Gasteiger partial charge in [0.15, 0.2) is 0 Å². The van der Waals surface area contributed by atoms with Crippen LogP contribution in [0.2, 0.25) is 0 Å². The first-order valence-electron chi connectivity index (χ1n) is 14.1. The van der Waals surface area contributed by atoms with E-state index in [9.17, 15) is 0 Å². The molecule has 0 amide bonds. The maximum atomic E-state index is 2.51. The number of para-hydroxylation sites is 2. The van der Waals surface area contributed by atoms with Crippen molar-refractivity contribution in [3.8, 4) is 16.8 Å². The van der Waals surface area contributed by atoms with E-state index in [0.717, 1.165) is 0 Å². The van der Waals surface area contributed by atoms with Gasteiger partial charge in [0.25, 0.3) is 0 Å².